The Morgan fingerprint density at radius 3 is 1.90 bits per heavy atom. The van der Waals surface area contributed by atoms with Crippen molar-refractivity contribution in [2.75, 3.05) is 6.61 Å². The van der Waals surface area contributed by atoms with Gasteiger partial charge in [-0.2, -0.15) is 0 Å². The van der Waals surface area contributed by atoms with Gasteiger partial charge in [0.1, 0.15) is 5.75 Å². The lowest BCUT2D eigenvalue weighted by Gasteiger charge is -2.17. The molecule has 0 radical (unpaired) electrons. The second kappa shape index (κ2) is 6.55. The van der Waals surface area contributed by atoms with E-state index in [-0.39, 0.29) is 30.0 Å². The number of hydrogen-bond donors (Lipinski definition) is 1. The van der Waals surface area contributed by atoms with E-state index < -0.39 is 5.97 Å². The molecule has 0 bridgehead atoms. The number of carbonyl (C=O) groups excluding carboxylic acids is 2. The van der Waals surface area contributed by atoms with Crippen LogP contribution in [0.3, 0.4) is 0 Å². The zero-order chi connectivity index (χ0) is 15.4. The summed E-state index contributed by atoms with van der Waals surface area (Å²) in [5.41, 5.74) is 1.95. The highest BCUT2D eigenvalue weighted by molar-refractivity contribution is 5.98. The quantitative estimate of drug-likeness (QED) is 0.662. The van der Waals surface area contributed by atoms with Gasteiger partial charge in [-0.3, -0.25) is 9.59 Å². The predicted molar refractivity (Wildman–Crippen MR) is 77.2 cm³/mol. The van der Waals surface area contributed by atoms with Gasteiger partial charge in [-0.25, -0.2) is 0 Å². The van der Waals surface area contributed by atoms with E-state index in [2.05, 4.69) is 0 Å². The number of ether oxygens (including phenoxy) is 1. The minimum Gasteiger partial charge on any atom is -0.507 e. The number of phenols is 1. The van der Waals surface area contributed by atoms with E-state index in [9.17, 15) is 14.7 Å². The van der Waals surface area contributed by atoms with Crippen molar-refractivity contribution in [1.82, 2.24) is 0 Å². The first-order valence-corrected chi connectivity index (χ1v) is 6.77. The SMILES string of the molecule is CC(=O)OCC(=O)c1cc(C(C)C)c(O)c(C(C)C)c1. The molecule has 0 amide bonds. The second-order valence-corrected chi connectivity index (χ2v) is 5.52. The number of aromatic hydroxyl groups is 1. The summed E-state index contributed by atoms with van der Waals surface area (Å²) in [6, 6.07) is 3.36. The topological polar surface area (TPSA) is 63.6 Å². The zero-order valence-electron chi connectivity index (χ0n) is 12.7. The minimum atomic E-state index is -0.481. The maximum Gasteiger partial charge on any atom is 0.303 e. The first-order valence-electron chi connectivity index (χ1n) is 6.77. The Balaban J connectivity index is 3.20. The Bertz CT molecular complexity index is 486. The van der Waals surface area contributed by atoms with Gasteiger partial charge in [0.15, 0.2) is 12.4 Å². The molecule has 0 aliphatic carbocycles. The number of benzene rings is 1. The van der Waals surface area contributed by atoms with E-state index >= 15 is 0 Å². The summed E-state index contributed by atoms with van der Waals surface area (Å²) in [5.74, 6) is -0.281. The van der Waals surface area contributed by atoms with Gasteiger partial charge < -0.3 is 9.84 Å². The van der Waals surface area contributed by atoms with Crippen molar-refractivity contribution in [1.29, 1.82) is 0 Å². The van der Waals surface area contributed by atoms with Crippen molar-refractivity contribution >= 4 is 11.8 Å². The van der Waals surface area contributed by atoms with Crippen LogP contribution in [0.2, 0.25) is 0 Å². The van der Waals surface area contributed by atoms with Crippen molar-refractivity contribution in [3.63, 3.8) is 0 Å². The van der Waals surface area contributed by atoms with Crippen LogP contribution in [0, 0.1) is 0 Å². The molecule has 1 aromatic rings. The smallest absolute Gasteiger partial charge is 0.303 e. The second-order valence-electron chi connectivity index (χ2n) is 5.52. The van der Waals surface area contributed by atoms with Crippen molar-refractivity contribution in [3.05, 3.63) is 28.8 Å². The maximum absolute atomic E-state index is 12.1. The van der Waals surface area contributed by atoms with Crippen LogP contribution in [-0.2, 0) is 9.53 Å². The van der Waals surface area contributed by atoms with E-state index in [4.69, 9.17) is 4.74 Å². The Morgan fingerprint density at radius 1 is 1.10 bits per heavy atom. The number of phenolic OH excluding ortho intramolecular Hbond substituents is 1. The molecule has 0 heterocycles. The van der Waals surface area contributed by atoms with Crippen LogP contribution in [-0.4, -0.2) is 23.5 Å². The summed E-state index contributed by atoms with van der Waals surface area (Å²) in [5, 5.41) is 10.3. The zero-order valence-corrected chi connectivity index (χ0v) is 12.7. The standard InChI is InChI=1S/C16H22O4/c1-9(2)13-6-12(15(18)8-20-11(5)17)7-14(10(3)4)16(13)19/h6-7,9-10,19H,8H2,1-5H3. The average Bonchev–Trinajstić information content (AvgIpc) is 2.35. The van der Waals surface area contributed by atoms with Crippen molar-refractivity contribution in [2.45, 2.75) is 46.5 Å². The Hall–Kier alpha value is -1.84. The molecule has 0 saturated carbocycles. The van der Waals surface area contributed by atoms with Crippen molar-refractivity contribution in [3.8, 4) is 5.75 Å². The molecule has 0 spiro atoms. The maximum atomic E-state index is 12.1. The molecule has 0 aliphatic heterocycles. The van der Waals surface area contributed by atoms with Crippen LogP contribution in [0.1, 0.15) is 67.9 Å². The van der Waals surface area contributed by atoms with Crippen molar-refractivity contribution < 1.29 is 19.4 Å². The molecule has 0 aromatic heterocycles. The Morgan fingerprint density at radius 2 is 1.55 bits per heavy atom. The number of carbonyl (C=O) groups is 2. The highest BCUT2D eigenvalue weighted by atomic mass is 16.5. The minimum absolute atomic E-state index is 0.106. The summed E-state index contributed by atoms with van der Waals surface area (Å²) in [7, 11) is 0. The number of rotatable bonds is 5. The summed E-state index contributed by atoms with van der Waals surface area (Å²) in [4.78, 5) is 22.8. The molecule has 20 heavy (non-hydrogen) atoms. The van der Waals surface area contributed by atoms with Gasteiger partial charge in [-0.05, 0) is 35.1 Å². The van der Waals surface area contributed by atoms with Gasteiger partial charge in [0.05, 0.1) is 0 Å². The summed E-state index contributed by atoms with van der Waals surface area (Å²) < 4.78 is 4.74. The largest absolute Gasteiger partial charge is 0.507 e. The molecular formula is C16H22O4. The Kier molecular flexibility index (Phi) is 5.31. The average molecular weight is 278 g/mol. The molecule has 4 nitrogen and oxygen atoms in total. The molecule has 0 aliphatic rings. The van der Waals surface area contributed by atoms with Crippen LogP contribution in [0.5, 0.6) is 5.75 Å². The molecule has 0 fully saturated rings. The molecule has 1 rings (SSSR count). The molecule has 0 atom stereocenters. The van der Waals surface area contributed by atoms with Crippen LogP contribution in [0.4, 0.5) is 0 Å². The Labute approximate surface area is 119 Å². The highest BCUT2D eigenvalue weighted by Crippen LogP contribution is 2.34. The van der Waals surface area contributed by atoms with Gasteiger partial charge in [-0.15, -0.1) is 0 Å². The van der Waals surface area contributed by atoms with Gasteiger partial charge in [0.25, 0.3) is 0 Å². The summed E-state index contributed by atoms with van der Waals surface area (Å²) in [6.45, 7) is 8.83. The van der Waals surface area contributed by atoms with Crippen LogP contribution in [0.15, 0.2) is 12.1 Å². The van der Waals surface area contributed by atoms with Gasteiger partial charge in [0, 0.05) is 12.5 Å². The van der Waals surface area contributed by atoms with Gasteiger partial charge >= 0.3 is 5.97 Å². The summed E-state index contributed by atoms with van der Waals surface area (Å²) >= 11 is 0. The number of Topliss-reactive ketones (excluding diaryl/α,β-unsaturated/α-hetero) is 1. The molecule has 0 unspecified atom stereocenters. The number of ketones is 1. The third-order valence-electron chi connectivity index (χ3n) is 3.14. The van der Waals surface area contributed by atoms with Crippen LogP contribution < -0.4 is 0 Å². The molecule has 1 N–H and O–H groups in total. The van der Waals surface area contributed by atoms with Gasteiger partial charge in [-0.1, -0.05) is 27.7 Å². The molecule has 0 saturated heterocycles. The highest BCUT2D eigenvalue weighted by Gasteiger charge is 2.18. The first kappa shape index (κ1) is 16.2. The van der Waals surface area contributed by atoms with E-state index in [0.717, 1.165) is 11.1 Å². The fourth-order valence-electron chi connectivity index (χ4n) is 1.97. The molecule has 4 heteroatoms. The lowest BCUT2D eigenvalue weighted by Crippen LogP contribution is -2.13. The van der Waals surface area contributed by atoms with E-state index in [1.165, 1.54) is 6.92 Å². The normalized spacial score (nSPS) is 10.9. The monoisotopic (exact) mass is 278 g/mol. The third kappa shape index (κ3) is 3.83. The van der Waals surface area contributed by atoms with Crippen molar-refractivity contribution in [2.24, 2.45) is 0 Å². The third-order valence-corrected chi connectivity index (χ3v) is 3.14. The molecule has 1 aromatic carbocycles. The predicted octanol–water partition coefficient (Wildman–Crippen LogP) is 3.38. The first-order chi connectivity index (χ1) is 9.23. The van der Waals surface area contributed by atoms with Crippen LogP contribution in [0.25, 0.3) is 0 Å². The van der Waals surface area contributed by atoms with E-state index in [1.54, 1.807) is 12.1 Å². The number of hydrogen-bond acceptors (Lipinski definition) is 4. The fraction of sp³-hybridized carbons (Fsp3) is 0.500. The molecule has 110 valence electrons. The van der Waals surface area contributed by atoms with E-state index in [1.807, 2.05) is 27.7 Å². The van der Waals surface area contributed by atoms with E-state index in [0.29, 0.717) is 5.56 Å². The lowest BCUT2D eigenvalue weighted by molar-refractivity contribution is -0.139. The molecular weight excluding hydrogens is 256 g/mol. The lowest BCUT2D eigenvalue weighted by atomic mass is 9.90. The van der Waals surface area contributed by atoms with Crippen LogP contribution >= 0.6 is 0 Å². The number of esters is 1. The van der Waals surface area contributed by atoms with Gasteiger partial charge in [0.2, 0.25) is 0 Å². The fourth-order valence-corrected chi connectivity index (χ4v) is 1.97. The summed E-state index contributed by atoms with van der Waals surface area (Å²) in [6.07, 6.45) is 0.